The highest BCUT2D eigenvalue weighted by atomic mass is 127. The molecule has 0 saturated heterocycles. The molecule has 62 valence electrons. The van der Waals surface area contributed by atoms with Crippen LogP contribution in [0, 0.1) is 2.88 Å². The molecule has 0 amide bonds. The van der Waals surface area contributed by atoms with Crippen LogP contribution in [0.3, 0.4) is 0 Å². The van der Waals surface area contributed by atoms with Gasteiger partial charge < -0.3 is 5.73 Å². The second kappa shape index (κ2) is 3.32. The van der Waals surface area contributed by atoms with Crippen molar-refractivity contribution in [2.24, 2.45) is 5.73 Å². The van der Waals surface area contributed by atoms with E-state index in [4.69, 9.17) is 5.73 Å². The number of hydrogen-bond donors (Lipinski definition) is 1. The molecule has 0 aliphatic carbocycles. The van der Waals surface area contributed by atoms with Crippen LogP contribution in [0.25, 0.3) is 10.1 Å². The quantitative estimate of drug-likeness (QED) is 0.803. The molecule has 1 aromatic carbocycles. The van der Waals surface area contributed by atoms with Crippen LogP contribution in [-0.4, -0.2) is 0 Å². The van der Waals surface area contributed by atoms with Gasteiger partial charge in [0.25, 0.3) is 0 Å². The highest BCUT2D eigenvalue weighted by Gasteiger charge is 1.99. The van der Waals surface area contributed by atoms with Crippen molar-refractivity contribution in [3.05, 3.63) is 32.7 Å². The van der Waals surface area contributed by atoms with Crippen molar-refractivity contribution < 1.29 is 0 Å². The maximum Gasteiger partial charge on any atom is 0.0666 e. The fraction of sp³-hybridized carbons (Fsp3) is 0.111. The molecular weight excluding hydrogens is 281 g/mol. The summed E-state index contributed by atoms with van der Waals surface area (Å²) in [6.45, 7) is 0.627. The smallest absolute Gasteiger partial charge is 0.0666 e. The third-order valence-corrected chi connectivity index (χ3v) is 3.66. The molecule has 1 heterocycles. The standard InChI is InChI=1S/C9H8INS/c10-9-4-7-3-6(5-11)1-2-8(7)12-9/h1-4H,5,11H2. The van der Waals surface area contributed by atoms with Crippen LogP contribution in [0.4, 0.5) is 0 Å². The summed E-state index contributed by atoms with van der Waals surface area (Å²) >= 11 is 4.16. The summed E-state index contributed by atoms with van der Waals surface area (Å²) in [6, 6.07) is 8.59. The topological polar surface area (TPSA) is 26.0 Å². The van der Waals surface area contributed by atoms with E-state index in [0.29, 0.717) is 6.54 Å². The average molecular weight is 289 g/mol. The SMILES string of the molecule is NCc1ccc2sc(I)cc2c1. The van der Waals surface area contributed by atoms with E-state index in [2.05, 4.69) is 46.9 Å². The Morgan fingerprint density at radius 3 is 2.92 bits per heavy atom. The van der Waals surface area contributed by atoms with E-state index < -0.39 is 0 Å². The summed E-state index contributed by atoms with van der Waals surface area (Å²) in [5, 5.41) is 1.31. The third kappa shape index (κ3) is 1.48. The first-order valence-corrected chi connectivity index (χ1v) is 5.57. The first kappa shape index (κ1) is 8.47. The Bertz CT molecular complexity index is 408. The molecule has 2 N–H and O–H groups in total. The van der Waals surface area contributed by atoms with Crippen molar-refractivity contribution in [3.8, 4) is 0 Å². The zero-order chi connectivity index (χ0) is 8.55. The van der Waals surface area contributed by atoms with Crippen LogP contribution in [-0.2, 0) is 6.54 Å². The molecule has 0 aliphatic rings. The van der Waals surface area contributed by atoms with Crippen LogP contribution in [0.5, 0.6) is 0 Å². The lowest BCUT2D eigenvalue weighted by Crippen LogP contribution is -1.94. The van der Waals surface area contributed by atoms with Crippen molar-refractivity contribution in [1.29, 1.82) is 0 Å². The van der Waals surface area contributed by atoms with Crippen molar-refractivity contribution in [2.75, 3.05) is 0 Å². The van der Waals surface area contributed by atoms with Crippen LogP contribution in [0.15, 0.2) is 24.3 Å². The summed E-state index contributed by atoms with van der Waals surface area (Å²) in [5.41, 5.74) is 6.75. The molecule has 0 bridgehead atoms. The van der Waals surface area contributed by atoms with Gasteiger partial charge in [0.05, 0.1) is 2.88 Å². The van der Waals surface area contributed by atoms with E-state index in [9.17, 15) is 0 Å². The van der Waals surface area contributed by atoms with Gasteiger partial charge in [0, 0.05) is 11.2 Å². The van der Waals surface area contributed by atoms with E-state index >= 15 is 0 Å². The van der Waals surface area contributed by atoms with Gasteiger partial charge in [0.2, 0.25) is 0 Å². The molecule has 0 fully saturated rings. The van der Waals surface area contributed by atoms with Gasteiger partial charge in [-0.15, -0.1) is 11.3 Å². The summed E-state index contributed by atoms with van der Waals surface area (Å²) in [5.74, 6) is 0. The maximum atomic E-state index is 5.55. The van der Waals surface area contributed by atoms with Gasteiger partial charge in [-0.05, 0) is 51.7 Å². The Kier molecular flexibility index (Phi) is 2.34. The van der Waals surface area contributed by atoms with E-state index in [1.165, 1.54) is 18.5 Å². The fourth-order valence-electron chi connectivity index (χ4n) is 1.19. The molecule has 0 aliphatic heterocycles. The number of hydrogen-bond acceptors (Lipinski definition) is 2. The Labute approximate surface area is 88.7 Å². The summed E-state index contributed by atoms with van der Waals surface area (Å²) < 4.78 is 2.67. The normalized spacial score (nSPS) is 10.8. The Hall–Kier alpha value is -0.130. The number of rotatable bonds is 1. The predicted octanol–water partition coefficient (Wildman–Crippen LogP) is 2.96. The second-order valence-electron chi connectivity index (χ2n) is 2.63. The molecule has 2 rings (SSSR count). The fourth-order valence-corrected chi connectivity index (χ4v) is 3.00. The Balaban J connectivity index is 2.66. The molecular formula is C9H8INS. The first-order valence-electron chi connectivity index (χ1n) is 3.67. The molecule has 12 heavy (non-hydrogen) atoms. The molecule has 1 nitrogen and oxygen atoms in total. The lowest BCUT2D eigenvalue weighted by molar-refractivity contribution is 1.08. The van der Waals surface area contributed by atoms with E-state index in [1.54, 1.807) is 0 Å². The minimum Gasteiger partial charge on any atom is -0.326 e. The van der Waals surface area contributed by atoms with Gasteiger partial charge in [0.1, 0.15) is 0 Å². The second-order valence-corrected chi connectivity index (χ2v) is 5.60. The monoisotopic (exact) mass is 289 g/mol. The minimum absolute atomic E-state index is 0.627. The van der Waals surface area contributed by atoms with Gasteiger partial charge in [-0.2, -0.15) is 0 Å². The number of fused-ring (bicyclic) bond motifs is 1. The Morgan fingerprint density at radius 1 is 1.33 bits per heavy atom. The third-order valence-electron chi connectivity index (χ3n) is 1.79. The maximum absolute atomic E-state index is 5.55. The molecule has 0 unspecified atom stereocenters. The van der Waals surface area contributed by atoms with Gasteiger partial charge in [-0.3, -0.25) is 0 Å². The lowest BCUT2D eigenvalue weighted by Gasteiger charge is -1.94. The van der Waals surface area contributed by atoms with Crippen molar-refractivity contribution in [1.82, 2.24) is 0 Å². The minimum atomic E-state index is 0.627. The van der Waals surface area contributed by atoms with Gasteiger partial charge in [-0.25, -0.2) is 0 Å². The summed E-state index contributed by atoms with van der Waals surface area (Å²) in [7, 11) is 0. The molecule has 1 aromatic heterocycles. The molecule has 0 atom stereocenters. The molecule has 0 spiro atoms. The first-order chi connectivity index (χ1) is 5.79. The highest BCUT2D eigenvalue weighted by molar-refractivity contribution is 14.1. The van der Waals surface area contributed by atoms with Gasteiger partial charge in [-0.1, -0.05) is 6.07 Å². The summed E-state index contributed by atoms with van der Waals surface area (Å²) in [6.07, 6.45) is 0. The summed E-state index contributed by atoms with van der Waals surface area (Å²) in [4.78, 5) is 0. The zero-order valence-electron chi connectivity index (χ0n) is 6.38. The van der Waals surface area contributed by atoms with Crippen molar-refractivity contribution in [2.45, 2.75) is 6.54 Å². The predicted molar refractivity (Wildman–Crippen MR) is 62.4 cm³/mol. The van der Waals surface area contributed by atoms with E-state index in [0.717, 1.165) is 0 Å². The zero-order valence-corrected chi connectivity index (χ0v) is 9.35. The van der Waals surface area contributed by atoms with E-state index in [1.807, 2.05) is 11.3 Å². The number of thiophene rings is 1. The van der Waals surface area contributed by atoms with Crippen LogP contribution >= 0.6 is 33.9 Å². The van der Waals surface area contributed by atoms with Gasteiger partial charge in [0.15, 0.2) is 0 Å². The molecule has 0 saturated carbocycles. The highest BCUT2D eigenvalue weighted by Crippen LogP contribution is 2.27. The van der Waals surface area contributed by atoms with Crippen molar-refractivity contribution >= 4 is 44.0 Å². The average Bonchev–Trinajstić information content (AvgIpc) is 2.43. The number of benzene rings is 1. The largest absolute Gasteiger partial charge is 0.326 e. The van der Waals surface area contributed by atoms with Crippen LogP contribution < -0.4 is 5.73 Å². The van der Waals surface area contributed by atoms with E-state index in [-0.39, 0.29) is 0 Å². The van der Waals surface area contributed by atoms with Crippen LogP contribution in [0.2, 0.25) is 0 Å². The van der Waals surface area contributed by atoms with Crippen molar-refractivity contribution in [3.63, 3.8) is 0 Å². The van der Waals surface area contributed by atoms with Crippen LogP contribution in [0.1, 0.15) is 5.56 Å². The molecule has 2 aromatic rings. The number of nitrogens with two attached hydrogens (primary N) is 1. The Morgan fingerprint density at radius 2 is 2.17 bits per heavy atom. The molecule has 3 heteroatoms. The number of halogens is 1. The molecule has 0 radical (unpaired) electrons. The van der Waals surface area contributed by atoms with Gasteiger partial charge >= 0.3 is 0 Å². The lowest BCUT2D eigenvalue weighted by atomic mass is 10.2.